The van der Waals surface area contributed by atoms with E-state index in [4.69, 9.17) is 4.74 Å². The van der Waals surface area contributed by atoms with E-state index in [1.165, 1.54) is 30.1 Å². The third-order valence-electron chi connectivity index (χ3n) is 3.82. The Hall–Kier alpha value is -1.87. The number of ether oxygens (including phenoxy) is 2. The highest BCUT2D eigenvalue weighted by Crippen LogP contribution is 2.30. The van der Waals surface area contributed by atoms with Gasteiger partial charge in [-0.3, -0.25) is 9.69 Å². The lowest BCUT2D eigenvalue weighted by atomic mass is 10.1. The van der Waals surface area contributed by atoms with Crippen LogP contribution in [0.25, 0.3) is 0 Å². The number of alkyl halides is 4. The molecule has 1 aliphatic heterocycles. The maximum atomic E-state index is 13.2. The minimum atomic E-state index is -4.66. The van der Waals surface area contributed by atoms with Crippen LogP contribution in [0.1, 0.15) is 10.4 Å². The van der Waals surface area contributed by atoms with Crippen LogP contribution in [0.15, 0.2) is 24.3 Å². The Labute approximate surface area is 143 Å². The number of carbonyl (C=O) groups excluding carboxylic acids is 1. The smallest absolute Gasteiger partial charge is 0.427 e. The summed E-state index contributed by atoms with van der Waals surface area (Å²) >= 11 is 0. The molecule has 5 nitrogen and oxygen atoms in total. The topological polar surface area (TPSA) is 42.0 Å². The number of carbonyl (C=O) groups is 1. The van der Waals surface area contributed by atoms with Gasteiger partial charge in [0.05, 0.1) is 18.8 Å². The summed E-state index contributed by atoms with van der Waals surface area (Å²) in [5.41, 5.74) is -0.188. The van der Waals surface area contributed by atoms with Crippen LogP contribution in [0.2, 0.25) is 0 Å². The number of amides is 1. The quantitative estimate of drug-likeness (QED) is 0.697. The number of halogens is 4. The number of rotatable bonds is 7. The van der Waals surface area contributed by atoms with Crippen molar-refractivity contribution < 1.29 is 31.8 Å². The fourth-order valence-corrected chi connectivity index (χ4v) is 2.35. The summed E-state index contributed by atoms with van der Waals surface area (Å²) in [5, 5.41) is 0. The van der Waals surface area contributed by atoms with Crippen LogP contribution in [0.5, 0.6) is 5.75 Å². The Balaban J connectivity index is 2.02. The van der Waals surface area contributed by atoms with Crippen LogP contribution in [0.4, 0.5) is 17.6 Å². The number of hydrogen-bond acceptors (Lipinski definition) is 4. The van der Waals surface area contributed by atoms with Gasteiger partial charge in [0.1, 0.15) is 5.75 Å². The van der Waals surface area contributed by atoms with Crippen LogP contribution in [-0.2, 0) is 4.74 Å². The molecule has 0 bridgehead atoms. The lowest BCUT2D eigenvalue weighted by molar-refractivity contribution is -0.253. The van der Waals surface area contributed by atoms with E-state index in [1.807, 2.05) is 0 Å². The molecule has 1 aliphatic rings. The van der Waals surface area contributed by atoms with Gasteiger partial charge in [0.25, 0.3) is 5.91 Å². The molecule has 1 fully saturated rings. The van der Waals surface area contributed by atoms with E-state index in [1.54, 1.807) is 0 Å². The molecule has 140 valence electrons. The standard InChI is InChI=1S/C16H20F4N2O3/c1-21(6-7-22-8-10-24-11-9-22)14(23)12-4-2-3-5-13(12)25-16(19,20)15(17)18/h2-5,15H,6-11H2,1H3. The first kappa shape index (κ1) is 19.5. The van der Waals surface area contributed by atoms with Crippen molar-refractivity contribution >= 4 is 5.91 Å². The fraction of sp³-hybridized carbons (Fsp3) is 0.562. The molecule has 0 aromatic heterocycles. The number of nitrogens with zero attached hydrogens (tertiary/aromatic N) is 2. The largest absolute Gasteiger partial charge is 0.461 e. The van der Waals surface area contributed by atoms with Gasteiger partial charge in [-0.15, -0.1) is 0 Å². The van der Waals surface area contributed by atoms with Gasteiger partial charge < -0.3 is 14.4 Å². The number of benzene rings is 1. The zero-order valence-electron chi connectivity index (χ0n) is 13.8. The van der Waals surface area contributed by atoms with E-state index in [2.05, 4.69) is 9.64 Å². The van der Waals surface area contributed by atoms with E-state index in [9.17, 15) is 22.4 Å². The zero-order valence-corrected chi connectivity index (χ0v) is 13.8. The van der Waals surface area contributed by atoms with E-state index < -0.39 is 24.2 Å². The second-order valence-corrected chi connectivity index (χ2v) is 5.64. The number of morpholine rings is 1. The maximum Gasteiger partial charge on any atom is 0.461 e. The minimum Gasteiger partial charge on any atom is -0.427 e. The van der Waals surface area contributed by atoms with Crippen molar-refractivity contribution in [2.75, 3.05) is 46.4 Å². The molecule has 0 radical (unpaired) electrons. The highest BCUT2D eigenvalue weighted by Gasteiger charge is 2.44. The summed E-state index contributed by atoms with van der Waals surface area (Å²) in [6, 6.07) is 5.13. The van der Waals surface area contributed by atoms with E-state index >= 15 is 0 Å². The molecule has 0 unspecified atom stereocenters. The molecule has 0 atom stereocenters. The first-order valence-corrected chi connectivity index (χ1v) is 7.81. The van der Waals surface area contributed by atoms with Crippen LogP contribution in [0, 0.1) is 0 Å². The predicted molar refractivity (Wildman–Crippen MR) is 82.2 cm³/mol. The first-order chi connectivity index (χ1) is 11.8. The molecule has 0 spiro atoms. The number of likely N-dealkylation sites (N-methyl/N-ethyl adjacent to an activating group) is 1. The van der Waals surface area contributed by atoms with E-state index in [0.29, 0.717) is 26.3 Å². The Morgan fingerprint density at radius 2 is 1.96 bits per heavy atom. The van der Waals surface area contributed by atoms with Gasteiger partial charge in [-0.2, -0.15) is 17.6 Å². The molecule has 0 saturated carbocycles. The van der Waals surface area contributed by atoms with Gasteiger partial charge in [-0.25, -0.2) is 0 Å². The third-order valence-corrected chi connectivity index (χ3v) is 3.82. The van der Waals surface area contributed by atoms with Crippen molar-refractivity contribution in [1.82, 2.24) is 9.80 Å². The number of para-hydroxylation sites is 1. The lowest BCUT2D eigenvalue weighted by Crippen LogP contribution is -2.42. The molecule has 9 heteroatoms. The Kier molecular flexibility index (Phi) is 6.60. The molecule has 1 heterocycles. The van der Waals surface area contributed by atoms with Crippen LogP contribution < -0.4 is 4.74 Å². The van der Waals surface area contributed by atoms with Crippen molar-refractivity contribution in [2.45, 2.75) is 12.5 Å². The molecule has 1 amide bonds. The average molecular weight is 364 g/mol. The third kappa shape index (κ3) is 5.30. The van der Waals surface area contributed by atoms with Crippen molar-refractivity contribution in [3.63, 3.8) is 0 Å². The second-order valence-electron chi connectivity index (χ2n) is 5.64. The Morgan fingerprint density at radius 1 is 1.32 bits per heavy atom. The van der Waals surface area contributed by atoms with Gasteiger partial charge in [0, 0.05) is 33.2 Å². The summed E-state index contributed by atoms with van der Waals surface area (Å²) < 4.78 is 60.3. The van der Waals surface area contributed by atoms with Gasteiger partial charge in [-0.1, -0.05) is 12.1 Å². The molecule has 25 heavy (non-hydrogen) atoms. The Bertz CT molecular complexity index is 580. The van der Waals surface area contributed by atoms with Gasteiger partial charge in [0.15, 0.2) is 0 Å². The van der Waals surface area contributed by atoms with Gasteiger partial charge in [0.2, 0.25) is 0 Å². The molecule has 1 saturated heterocycles. The summed E-state index contributed by atoms with van der Waals surface area (Å²) in [6.07, 6.45) is -8.65. The maximum absolute atomic E-state index is 13.2. The van der Waals surface area contributed by atoms with E-state index in [-0.39, 0.29) is 5.56 Å². The average Bonchev–Trinajstić information content (AvgIpc) is 2.60. The fourth-order valence-electron chi connectivity index (χ4n) is 2.35. The summed E-state index contributed by atoms with van der Waals surface area (Å²) in [7, 11) is 1.52. The molecule has 2 rings (SSSR count). The summed E-state index contributed by atoms with van der Waals surface area (Å²) in [6.45, 7) is 3.71. The highest BCUT2D eigenvalue weighted by molar-refractivity contribution is 5.96. The van der Waals surface area contributed by atoms with Crippen molar-refractivity contribution in [3.05, 3.63) is 29.8 Å². The van der Waals surface area contributed by atoms with Crippen LogP contribution >= 0.6 is 0 Å². The minimum absolute atomic E-state index is 0.188. The predicted octanol–water partition coefficient (Wildman–Crippen LogP) is 2.33. The normalized spacial score (nSPS) is 16.1. The molecular weight excluding hydrogens is 344 g/mol. The zero-order chi connectivity index (χ0) is 18.4. The lowest BCUT2D eigenvalue weighted by Gasteiger charge is -2.29. The monoisotopic (exact) mass is 364 g/mol. The highest BCUT2D eigenvalue weighted by atomic mass is 19.3. The van der Waals surface area contributed by atoms with E-state index in [0.717, 1.165) is 19.2 Å². The summed E-state index contributed by atoms with van der Waals surface area (Å²) in [4.78, 5) is 15.9. The van der Waals surface area contributed by atoms with Gasteiger partial charge in [-0.05, 0) is 12.1 Å². The SMILES string of the molecule is CN(CCN1CCOCC1)C(=O)c1ccccc1OC(F)(F)C(F)F. The first-order valence-electron chi connectivity index (χ1n) is 7.81. The molecule has 0 aliphatic carbocycles. The van der Waals surface area contributed by atoms with Crippen molar-refractivity contribution in [1.29, 1.82) is 0 Å². The molecular formula is C16H20F4N2O3. The second kappa shape index (κ2) is 8.48. The van der Waals surface area contributed by atoms with Crippen LogP contribution in [0.3, 0.4) is 0 Å². The van der Waals surface area contributed by atoms with Crippen molar-refractivity contribution in [2.24, 2.45) is 0 Å². The molecule has 0 N–H and O–H groups in total. The summed E-state index contributed by atoms with van der Waals surface area (Å²) in [5.74, 6) is -1.15. The number of hydrogen-bond donors (Lipinski definition) is 0. The molecule has 1 aromatic rings. The Morgan fingerprint density at radius 3 is 2.60 bits per heavy atom. The molecule has 1 aromatic carbocycles. The van der Waals surface area contributed by atoms with Crippen molar-refractivity contribution in [3.8, 4) is 5.75 Å². The van der Waals surface area contributed by atoms with Crippen LogP contribution in [-0.4, -0.2) is 74.7 Å². The van der Waals surface area contributed by atoms with Gasteiger partial charge >= 0.3 is 12.5 Å².